The van der Waals surface area contributed by atoms with Crippen molar-refractivity contribution in [2.45, 2.75) is 25.9 Å². The van der Waals surface area contributed by atoms with Gasteiger partial charge in [0.25, 0.3) is 0 Å². The first-order chi connectivity index (χ1) is 16.5. The average Bonchev–Trinajstić information content (AvgIpc) is 3.23. The van der Waals surface area contributed by atoms with Gasteiger partial charge in [0.15, 0.2) is 5.82 Å². The van der Waals surface area contributed by atoms with Gasteiger partial charge in [-0.15, -0.1) is 0 Å². The maximum atomic E-state index is 12.3. The Bertz CT molecular complexity index is 1180. The third-order valence-corrected chi connectivity index (χ3v) is 6.24. The molecule has 1 unspecified atom stereocenters. The van der Waals surface area contributed by atoms with Crippen LogP contribution in [0.2, 0.25) is 0 Å². The van der Waals surface area contributed by atoms with Crippen LogP contribution in [-0.4, -0.2) is 70.1 Å². The zero-order valence-corrected chi connectivity index (χ0v) is 19.8. The molecule has 2 aliphatic rings. The third-order valence-electron chi connectivity index (χ3n) is 6.24. The van der Waals surface area contributed by atoms with Crippen LogP contribution in [0.5, 0.6) is 0 Å². The summed E-state index contributed by atoms with van der Waals surface area (Å²) in [6, 6.07) is 7.57. The van der Waals surface area contributed by atoms with Crippen LogP contribution in [0.1, 0.15) is 18.2 Å². The van der Waals surface area contributed by atoms with Gasteiger partial charge in [0.05, 0.1) is 36.8 Å². The van der Waals surface area contributed by atoms with Crippen molar-refractivity contribution in [3.63, 3.8) is 0 Å². The molecule has 2 aromatic heterocycles. The number of likely N-dealkylation sites (N-methyl/N-ethyl adjacent to an activating group) is 1. The van der Waals surface area contributed by atoms with E-state index in [4.69, 9.17) is 14.7 Å². The number of benzene rings is 1. The number of hydrogen-bond donors (Lipinski definition) is 2. The highest BCUT2D eigenvalue weighted by Gasteiger charge is 2.28. The van der Waals surface area contributed by atoms with Crippen molar-refractivity contribution in [1.29, 1.82) is 0 Å². The van der Waals surface area contributed by atoms with Crippen LogP contribution in [0.15, 0.2) is 36.7 Å². The quantitative estimate of drug-likeness (QED) is 0.615. The lowest BCUT2D eigenvalue weighted by atomic mass is 10.0. The molecule has 1 fully saturated rings. The number of aromatic nitrogens is 4. The number of anilines is 3. The van der Waals surface area contributed by atoms with Crippen LogP contribution < -0.4 is 15.5 Å². The number of hydrogen-bond acceptors (Lipinski definition) is 7. The van der Waals surface area contributed by atoms with E-state index in [1.165, 1.54) is 5.56 Å². The number of ether oxygens (including phenoxy) is 1. The van der Waals surface area contributed by atoms with Gasteiger partial charge in [0.1, 0.15) is 5.82 Å². The summed E-state index contributed by atoms with van der Waals surface area (Å²) in [5.41, 5.74) is 4.57. The normalized spacial score (nSPS) is 18.4. The summed E-state index contributed by atoms with van der Waals surface area (Å²) in [7, 11) is 3.92. The Balaban J connectivity index is 1.39. The number of morpholine rings is 1. The molecule has 2 N–H and O–H groups in total. The number of carbonyl (C=O) groups is 1. The Morgan fingerprint density at radius 3 is 2.62 bits per heavy atom. The minimum Gasteiger partial charge on any atom is -0.377 e. The first kappa shape index (κ1) is 22.3. The van der Waals surface area contributed by atoms with Crippen LogP contribution in [0.4, 0.5) is 22.0 Å². The van der Waals surface area contributed by atoms with Gasteiger partial charge in [-0.1, -0.05) is 0 Å². The maximum absolute atomic E-state index is 12.3. The Kier molecular flexibility index (Phi) is 6.16. The summed E-state index contributed by atoms with van der Waals surface area (Å²) < 4.78 is 7.29. The van der Waals surface area contributed by atoms with Crippen molar-refractivity contribution in [2.75, 3.05) is 48.9 Å². The molecule has 10 heteroatoms. The molecular weight excluding hydrogens is 432 g/mol. The zero-order chi connectivity index (χ0) is 23.7. The van der Waals surface area contributed by atoms with E-state index >= 15 is 0 Å². The monoisotopic (exact) mass is 462 g/mol. The minimum atomic E-state index is -0.322. The fraction of sp³-hybridized carbons (Fsp3) is 0.417. The summed E-state index contributed by atoms with van der Waals surface area (Å²) in [6.45, 7) is 6.23. The molecule has 0 radical (unpaired) electrons. The Labute approximate surface area is 198 Å². The zero-order valence-electron chi connectivity index (χ0n) is 19.8. The Hall–Kier alpha value is -3.50. The van der Waals surface area contributed by atoms with Gasteiger partial charge >= 0.3 is 6.03 Å². The number of nitrogens with zero attached hydrogens (tertiary/aromatic N) is 6. The summed E-state index contributed by atoms with van der Waals surface area (Å²) >= 11 is 0. The van der Waals surface area contributed by atoms with Crippen LogP contribution in [0.25, 0.3) is 11.4 Å². The number of fused-ring (bicyclic) bond motifs is 1. The van der Waals surface area contributed by atoms with E-state index < -0.39 is 0 Å². The topological polar surface area (TPSA) is 100 Å². The van der Waals surface area contributed by atoms with Crippen LogP contribution in [0, 0.1) is 0 Å². The molecule has 2 amide bonds. The molecule has 0 saturated carbocycles. The first-order valence-electron chi connectivity index (χ1n) is 11.6. The highest BCUT2D eigenvalue weighted by atomic mass is 16.5. The molecule has 178 valence electrons. The minimum absolute atomic E-state index is 0.269. The van der Waals surface area contributed by atoms with Gasteiger partial charge < -0.3 is 25.2 Å². The summed E-state index contributed by atoms with van der Waals surface area (Å²) in [5, 5.41) is 9.66. The van der Waals surface area contributed by atoms with Gasteiger partial charge in [-0.2, -0.15) is 5.10 Å². The smallest absolute Gasteiger partial charge is 0.323 e. The van der Waals surface area contributed by atoms with Gasteiger partial charge in [0.2, 0.25) is 0 Å². The molecule has 1 atom stereocenters. The van der Waals surface area contributed by atoms with Gasteiger partial charge in [-0.05, 0) is 44.7 Å². The molecule has 10 nitrogen and oxygen atoms in total. The van der Waals surface area contributed by atoms with Crippen molar-refractivity contribution >= 4 is 23.2 Å². The van der Waals surface area contributed by atoms with E-state index in [-0.39, 0.29) is 12.1 Å². The Morgan fingerprint density at radius 2 is 1.88 bits per heavy atom. The SMILES string of the molecule is CC1COCCN1c1nc(-c2ccc(NC(=O)Nc3cnn(C)c3)cc2)nc2c1CCN(C)C2. The van der Waals surface area contributed by atoms with Crippen molar-refractivity contribution < 1.29 is 9.53 Å². The molecule has 1 saturated heterocycles. The highest BCUT2D eigenvalue weighted by Crippen LogP contribution is 2.31. The van der Waals surface area contributed by atoms with Crippen LogP contribution >= 0.6 is 0 Å². The second-order valence-corrected chi connectivity index (χ2v) is 8.96. The molecule has 3 aromatic rings. The average molecular weight is 463 g/mol. The van der Waals surface area contributed by atoms with E-state index in [0.29, 0.717) is 30.4 Å². The number of carbonyl (C=O) groups excluding carboxylic acids is 1. The second kappa shape index (κ2) is 9.40. The first-order valence-corrected chi connectivity index (χ1v) is 11.6. The lowest BCUT2D eigenvalue weighted by Gasteiger charge is -2.37. The fourth-order valence-corrected chi connectivity index (χ4v) is 4.43. The molecule has 1 aromatic carbocycles. The number of rotatable bonds is 4. The van der Waals surface area contributed by atoms with Gasteiger partial charge in [-0.3, -0.25) is 4.68 Å². The van der Waals surface area contributed by atoms with E-state index in [1.54, 1.807) is 24.1 Å². The predicted molar refractivity (Wildman–Crippen MR) is 131 cm³/mol. The van der Waals surface area contributed by atoms with Crippen molar-refractivity contribution in [1.82, 2.24) is 24.6 Å². The summed E-state index contributed by atoms with van der Waals surface area (Å²) in [6.07, 6.45) is 4.28. The summed E-state index contributed by atoms with van der Waals surface area (Å²) in [5.74, 6) is 1.73. The van der Waals surface area contributed by atoms with Gasteiger partial charge in [-0.25, -0.2) is 14.8 Å². The molecule has 0 spiro atoms. The van der Waals surface area contributed by atoms with E-state index in [1.807, 2.05) is 24.3 Å². The largest absolute Gasteiger partial charge is 0.377 e. The molecule has 0 aliphatic carbocycles. The predicted octanol–water partition coefficient (Wildman–Crippen LogP) is 2.73. The van der Waals surface area contributed by atoms with Crippen molar-refractivity contribution in [3.05, 3.63) is 47.9 Å². The maximum Gasteiger partial charge on any atom is 0.323 e. The molecule has 4 heterocycles. The molecule has 2 aliphatic heterocycles. The third kappa shape index (κ3) is 4.73. The van der Waals surface area contributed by atoms with Crippen LogP contribution in [0.3, 0.4) is 0 Å². The number of amides is 2. The standard InChI is InChI=1S/C24H30N8O2/c1-16-15-34-11-10-32(16)23-20-8-9-30(2)14-21(20)28-22(29-23)17-4-6-18(7-5-17)26-24(33)27-19-12-25-31(3)13-19/h4-7,12-13,16H,8-11,14-15H2,1-3H3,(H2,26,27,33). The lowest BCUT2D eigenvalue weighted by Crippen LogP contribution is -2.45. The molecule has 5 rings (SSSR count). The van der Waals surface area contributed by atoms with E-state index in [0.717, 1.165) is 43.1 Å². The van der Waals surface area contributed by atoms with E-state index in [9.17, 15) is 4.79 Å². The van der Waals surface area contributed by atoms with Gasteiger partial charge in [0, 0.05) is 49.7 Å². The number of urea groups is 1. The lowest BCUT2D eigenvalue weighted by molar-refractivity contribution is 0.0983. The van der Waals surface area contributed by atoms with E-state index in [2.05, 4.69) is 39.5 Å². The molecule has 0 bridgehead atoms. The number of nitrogens with one attached hydrogen (secondary N) is 2. The fourth-order valence-electron chi connectivity index (χ4n) is 4.43. The van der Waals surface area contributed by atoms with Crippen molar-refractivity contribution in [2.24, 2.45) is 7.05 Å². The molecule has 34 heavy (non-hydrogen) atoms. The summed E-state index contributed by atoms with van der Waals surface area (Å²) in [4.78, 5) is 26.9. The highest BCUT2D eigenvalue weighted by molar-refractivity contribution is 5.99. The van der Waals surface area contributed by atoms with Crippen LogP contribution in [-0.2, 0) is 24.8 Å². The Morgan fingerprint density at radius 1 is 1.09 bits per heavy atom. The number of aryl methyl sites for hydroxylation is 1. The molecular formula is C24H30N8O2. The van der Waals surface area contributed by atoms with Crippen molar-refractivity contribution in [3.8, 4) is 11.4 Å². The second-order valence-electron chi connectivity index (χ2n) is 8.96.